The van der Waals surface area contributed by atoms with Crippen LogP contribution in [-0.2, 0) is 14.8 Å². The Morgan fingerprint density at radius 1 is 1.29 bits per heavy atom. The van der Waals surface area contributed by atoms with Gasteiger partial charge in [-0.05, 0) is 43.2 Å². The van der Waals surface area contributed by atoms with Crippen molar-refractivity contribution in [2.75, 3.05) is 25.6 Å². The maximum Gasteiger partial charge on any atom is 0.255 e. The average molecular weight is 425 g/mol. The van der Waals surface area contributed by atoms with Crippen LogP contribution in [0.5, 0.6) is 5.75 Å². The van der Waals surface area contributed by atoms with Crippen LogP contribution in [0.25, 0.3) is 0 Å². The lowest BCUT2D eigenvalue weighted by Crippen LogP contribution is -2.32. The van der Waals surface area contributed by atoms with E-state index < -0.39 is 15.9 Å². The predicted molar refractivity (Wildman–Crippen MR) is 107 cm³/mol. The molecule has 1 fully saturated rings. The van der Waals surface area contributed by atoms with E-state index in [0.29, 0.717) is 18.0 Å². The minimum Gasteiger partial charge on any atom is -0.497 e. The molecule has 9 heteroatoms. The summed E-state index contributed by atoms with van der Waals surface area (Å²) in [5.74, 6) is 0.135. The van der Waals surface area contributed by atoms with E-state index in [0.717, 1.165) is 12.8 Å². The molecular weight excluding hydrogens is 404 g/mol. The van der Waals surface area contributed by atoms with E-state index in [1.807, 2.05) is 0 Å². The molecule has 3 rings (SSSR count). The Hall–Kier alpha value is -2.13. The zero-order valence-electron chi connectivity index (χ0n) is 15.3. The lowest BCUT2D eigenvalue weighted by Gasteiger charge is -2.13. The number of hydrogen-bond acceptors (Lipinski definition) is 5. The van der Waals surface area contributed by atoms with E-state index in [1.54, 1.807) is 24.3 Å². The van der Waals surface area contributed by atoms with Gasteiger partial charge in [-0.1, -0.05) is 17.7 Å². The molecule has 28 heavy (non-hydrogen) atoms. The molecule has 0 aliphatic carbocycles. The van der Waals surface area contributed by atoms with Crippen molar-refractivity contribution in [1.29, 1.82) is 0 Å². The van der Waals surface area contributed by atoms with Crippen LogP contribution >= 0.6 is 11.6 Å². The number of methoxy groups -OCH3 is 1. The number of hydrogen-bond donors (Lipinski definition) is 2. The van der Waals surface area contributed by atoms with Gasteiger partial charge in [-0.3, -0.25) is 4.79 Å². The molecule has 1 saturated heterocycles. The maximum absolute atomic E-state index is 12.6. The van der Waals surface area contributed by atoms with Crippen molar-refractivity contribution in [2.24, 2.45) is 0 Å². The second-order valence-electron chi connectivity index (χ2n) is 6.32. The van der Waals surface area contributed by atoms with Crippen LogP contribution in [-0.4, -0.2) is 40.7 Å². The highest BCUT2D eigenvalue weighted by Crippen LogP contribution is 2.24. The van der Waals surface area contributed by atoms with E-state index >= 15 is 0 Å². The van der Waals surface area contributed by atoms with Gasteiger partial charge >= 0.3 is 0 Å². The first kappa shape index (κ1) is 20.6. The monoisotopic (exact) mass is 424 g/mol. The highest BCUT2D eigenvalue weighted by Gasteiger charge is 2.23. The fourth-order valence-electron chi connectivity index (χ4n) is 2.84. The Labute approximate surface area is 169 Å². The molecule has 1 heterocycles. The molecule has 2 aromatic carbocycles. The molecule has 0 radical (unpaired) electrons. The molecule has 1 atom stereocenters. The zero-order valence-corrected chi connectivity index (χ0v) is 16.8. The summed E-state index contributed by atoms with van der Waals surface area (Å²) >= 11 is 6.08. The van der Waals surface area contributed by atoms with Crippen molar-refractivity contribution < 1.29 is 22.7 Å². The number of anilines is 1. The Bertz CT molecular complexity index is 959. The normalized spacial score (nSPS) is 16.7. The van der Waals surface area contributed by atoms with Gasteiger partial charge in [-0.2, -0.15) is 0 Å². The van der Waals surface area contributed by atoms with Gasteiger partial charge in [0.15, 0.2) is 0 Å². The van der Waals surface area contributed by atoms with Crippen LogP contribution in [0.3, 0.4) is 0 Å². The SMILES string of the molecule is COc1cccc(NC(=O)c2ccc(Cl)c(S(=O)(=O)NCC3CCCO3)c2)c1. The number of amides is 1. The second kappa shape index (κ2) is 8.91. The van der Waals surface area contributed by atoms with Gasteiger partial charge in [0.05, 0.1) is 18.2 Å². The molecular formula is C19H21ClN2O5S. The fourth-order valence-corrected chi connectivity index (χ4v) is 4.43. The summed E-state index contributed by atoms with van der Waals surface area (Å²) in [6.07, 6.45) is 1.57. The van der Waals surface area contributed by atoms with Crippen molar-refractivity contribution >= 4 is 33.2 Å². The fraction of sp³-hybridized carbons (Fsp3) is 0.316. The second-order valence-corrected chi connectivity index (χ2v) is 8.46. The minimum atomic E-state index is -3.88. The predicted octanol–water partition coefficient (Wildman–Crippen LogP) is 3.06. The van der Waals surface area contributed by atoms with Crippen LogP contribution < -0.4 is 14.8 Å². The van der Waals surface area contributed by atoms with Gasteiger partial charge < -0.3 is 14.8 Å². The lowest BCUT2D eigenvalue weighted by atomic mass is 10.2. The van der Waals surface area contributed by atoms with Crippen molar-refractivity contribution in [3.8, 4) is 5.75 Å². The van der Waals surface area contributed by atoms with Crippen LogP contribution in [0.1, 0.15) is 23.2 Å². The number of carbonyl (C=O) groups excluding carboxylic acids is 1. The summed E-state index contributed by atoms with van der Waals surface area (Å²) in [5, 5.41) is 2.75. The number of carbonyl (C=O) groups is 1. The van der Waals surface area contributed by atoms with Gasteiger partial charge in [0.2, 0.25) is 10.0 Å². The molecule has 1 amide bonds. The quantitative estimate of drug-likeness (QED) is 0.712. The summed E-state index contributed by atoms with van der Waals surface area (Å²) in [5.41, 5.74) is 0.699. The van der Waals surface area contributed by atoms with E-state index in [1.165, 1.54) is 25.3 Å². The van der Waals surface area contributed by atoms with E-state index in [4.69, 9.17) is 21.1 Å². The third kappa shape index (κ3) is 5.02. The van der Waals surface area contributed by atoms with Gasteiger partial charge in [0, 0.05) is 30.5 Å². The summed E-state index contributed by atoms with van der Waals surface area (Å²) in [6, 6.07) is 11.0. The van der Waals surface area contributed by atoms with Gasteiger partial charge in [-0.15, -0.1) is 0 Å². The molecule has 1 unspecified atom stereocenters. The molecule has 1 aliphatic heterocycles. The number of rotatable bonds is 7. The van der Waals surface area contributed by atoms with Crippen LogP contribution in [0.15, 0.2) is 47.4 Å². The molecule has 2 N–H and O–H groups in total. The zero-order chi connectivity index (χ0) is 20.1. The number of halogens is 1. The molecule has 0 saturated carbocycles. The summed E-state index contributed by atoms with van der Waals surface area (Å²) in [6.45, 7) is 0.798. The third-order valence-electron chi connectivity index (χ3n) is 4.34. The molecule has 150 valence electrons. The van der Waals surface area contributed by atoms with Crippen molar-refractivity contribution in [1.82, 2.24) is 4.72 Å². The van der Waals surface area contributed by atoms with Crippen molar-refractivity contribution in [2.45, 2.75) is 23.8 Å². The highest BCUT2D eigenvalue weighted by molar-refractivity contribution is 7.89. The summed E-state index contributed by atoms with van der Waals surface area (Å²) in [7, 11) is -2.35. The van der Waals surface area contributed by atoms with Gasteiger partial charge in [0.25, 0.3) is 5.91 Å². The Kier molecular flexibility index (Phi) is 6.56. The first-order chi connectivity index (χ1) is 13.4. The third-order valence-corrected chi connectivity index (χ3v) is 6.24. The minimum absolute atomic E-state index is 0.0396. The van der Waals surface area contributed by atoms with Crippen molar-refractivity contribution in [3.05, 3.63) is 53.1 Å². The Balaban J connectivity index is 1.76. The first-order valence-electron chi connectivity index (χ1n) is 8.75. The van der Waals surface area contributed by atoms with Crippen LogP contribution in [0, 0.1) is 0 Å². The molecule has 0 aromatic heterocycles. The molecule has 2 aromatic rings. The van der Waals surface area contributed by atoms with Crippen LogP contribution in [0.2, 0.25) is 5.02 Å². The topological polar surface area (TPSA) is 93.7 Å². The average Bonchev–Trinajstić information content (AvgIpc) is 3.20. The molecule has 0 bridgehead atoms. The van der Waals surface area contributed by atoms with E-state index in [-0.39, 0.29) is 28.1 Å². The molecule has 7 nitrogen and oxygen atoms in total. The number of ether oxygens (including phenoxy) is 2. The smallest absolute Gasteiger partial charge is 0.255 e. The van der Waals surface area contributed by atoms with Crippen LogP contribution in [0.4, 0.5) is 5.69 Å². The molecule has 1 aliphatic rings. The summed E-state index contributed by atoms with van der Waals surface area (Å²) < 4.78 is 38.3. The molecule has 0 spiro atoms. The maximum atomic E-state index is 12.6. The number of sulfonamides is 1. The van der Waals surface area contributed by atoms with E-state index in [9.17, 15) is 13.2 Å². The standard InChI is InChI=1S/C19H21ClN2O5S/c1-26-15-5-2-4-14(11-15)22-19(23)13-7-8-17(20)18(10-13)28(24,25)21-12-16-6-3-9-27-16/h2,4-5,7-8,10-11,16,21H,3,6,9,12H2,1H3,(H,22,23). The van der Waals surface area contributed by atoms with E-state index in [2.05, 4.69) is 10.0 Å². The first-order valence-corrected chi connectivity index (χ1v) is 10.6. The lowest BCUT2D eigenvalue weighted by molar-refractivity contribution is 0.102. The largest absolute Gasteiger partial charge is 0.497 e. The van der Waals surface area contributed by atoms with Gasteiger partial charge in [0.1, 0.15) is 10.6 Å². The highest BCUT2D eigenvalue weighted by atomic mass is 35.5. The van der Waals surface area contributed by atoms with Crippen molar-refractivity contribution in [3.63, 3.8) is 0 Å². The van der Waals surface area contributed by atoms with Gasteiger partial charge in [-0.25, -0.2) is 13.1 Å². The summed E-state index contributed by atoms with van der Waals surface area (Å²) in [4.78, 5) is 12.4. The number of benzene rings is 2. The number of nitrogens with one attached hydrogen (secondary N) is 2. The Morgan fingerprint density at radius 2 is 2.11 bits per heavy atom. The Morgan fingerprint density at radius 3 is 2.82 bits per heavy atom.